The van der Waals surface area contributed by atoms with Gasteiger partial charge in [0.15, 0.2) is 0 Å². The molecule has 0 bridgehead atoms. The van der Waals surface area contributed by atoms with E-state index < -0.39 is 0 Å². The van der Waals surface area contributed by atoms with Gasteiger partial charge in [0, 0.05) is 24.9 Å². The number of hydrogen-bond donors (Lipinski definition) is 1. The molecule has 4 nitrogen and oxygen atoms in total. The van der Waals surface area contributed by atoms with Crippen LogP contribution in [0.4, 0.5) is 0 Å². The maximum Gasteiger partial charge on any atom is 0.110 e. The SMILES string of the molecule is c1ccc(CN2CCC(c3nc4ccc(-c5ccncc5)cc4[nH]3)CC2)cc1. The summed E-state index contributed by atoms with van der Waals surface area (Å²) < 4.78 is 0. The smallest absolute Gasteiger partial charge is 0.110 e. The average molecular weight is 368 g/mol. The number of nitrogens with zero attached hydrogens (tertiary/aromatic N) is 3. The van der Waals surface area contributed by atoms with Gasteiger partial charge in [0.25, 0.3) is 0 Å². The Labute approximate surface area is 165 Å². The van der Waals surface area contributed by atoms with Crippen LogP contribution in [-0.4, -0.2) is 32.9 Å². The molecule has 2 aromatic carbocycles. The number of piperidine rings is 1. The molecule has 1 fully saturated rings. The molecular weight excluding hydrogens is 344 g/mol. The van der Waals surface area contributed by atoms with E-state index >= 15 is 0 Å². The molecule has 0 atom stereocenters. The minimum Gasteiger partial charge on any atom is -0.342 e. The highest BCUT2D eigenvalue weighted by Crippen LogP contribution is 2.30. The zero-order valence-electron chi connectivity index (χ0n) is 15.9. The molecule has 28 heavy (non-hydrogen) atoms. The van der Waals surface area contributed by atoms with E-state index in [1.54, 1.807) is 0 Å². The van der Waals surface area contributed by atoms with Gasteiger partial charge in [-0.2, -0.15) is 0 Å². The molecular formula is C24H24N4. The number of benzene rings is 2. The fourth-order valence-corrected chi connectivity index (χ4v) is 4.15. The average Bonchev–Trinajstić information content (AvgIpc) is 3.19. The van der Waals surface area contributed by atoms with Crippen molar-refractivity contribution in [1.82, 2.24) is 19.9 Å². The monoisotopic (exact) mass is 368 g/mol. The number of aromatic amines is 1. The Morgan fingerprint density at radius 3 is 2.46 bits per heavy atom. The van der Waals surface area contributed by atoms with E-state index in [-0.39, 0.29) is 0 Å². The second kappa shape index (κ2) is 7.56. The molecule has 0 spiro atoms. The summed E-state index contributed by atoms with van der Waals surface area (Å²) in [5.74, 6) is 1.66. The maximum atomic E-state index is 4.89. The molecule has 0 aliphatic carbocycles. The highest BCUT2D eigenvalue weighted by atomic mass is 15.1. The molecule has 5 rings (SSSR count). The number of aromatic nitrogens is 3. The van der Waals surface area contributed by atoms with E-state index in [1.165, 1.54) is 16.7 Å². The van der Waals surface area contributed by atoms with Gasteiger partial charge < -0.3 is 4.98 Å². The number of hydrogen-bond acceptors (Lipinski definition) is 3. The van der Waals surface area contributed by atoms with E-state index in [9.17, 15) is 0 Å². The Hall–Kier alpha value is -2.98. The molecule has 0 unspecified atom stereocenters. The predicted octanol–water partition coefficient (Wildman–Crippen LogP) is 5.00. The van der Waals surface area contributed by atoms with Crippen molar-refractivity contribution in [3.8, 4) is 11.1 Å². The lowest BCUT2D eigenvalue weighted by Crippen LogP contribution is -2.32. The molecule has 0 radical (unpaired) electrons. The van der Waals surface area contributed by atoms with Gasteiger partial charge in [0.05, 0.1) is 11.0 Å². The van der Waals surface area contributed by atoms with Crippen molar-refractivity contribution in [1.29, 1.82) is 0 Å². The molecule has 2 aromatic heterocycles. The van der Waals surface area contributed by atoms with Crippen LogP contribution in [0.3, 0.4) is 0 Å². The molecule has 4 aromatic rings. The molecule has 140 valence electrons. The summed E-state index contributed by atoms with van der Waals surface area (Å²) in [5.41, 5.74) is 5.95. The van der Waals surface area contributed by atoms with Crippen molar-refractivity contribution >= 4 is 11.0 Å². The van der Waals surface area contributed by atoms with Gasteiger partial charge in [-0.3, -0.25) is 9.88 Å². The minimum atomic E-state index is 0.517. The highest BCUT2D eigenvalue weighted by molar-refractivity contribution is 5.82. The fraction of sp³-hybridized carbons (Fsp3) is 0.250. The van der Waals surface area contributed by atoms with Gasteiger partial charge in [-0.25, -0.2) is 4.98 Å². The summed E-state index contributed by atoms with van der Waals surface area (Å²) in [7, 11) is 0. The fourth-order valence-electron chi connectivity index (χ4n) is 4.15. The third kappa shape index (κ3) is 3.56. The number of likely N-dealkylation sites (tertiary alicyclic amines) is 1. The topological polar surface area (TPSA) is 44.8 Å². The molecule has 0 amide bonds. The van der Waals surface area contributed by atoms with Gasteiger partial charge in [-0.15, -0.1) is 0 Å². The quantitative estimate of drug-likeness (QED) is 0.551. The molecule has 1 saturated heterocycles. The molecule has 3 heterocycles. The van der Waals surface area contributed by atoms with Gasteiger partial charge in [-0.1, -0.05) is 36.4 Å². The number of rotatable bonds is 4. The Balaban J connectivity index is 1.29. The Morgan fingerprint density at radius 1 is 0.893 bits per heavy atom. The summed E-state index contributed by atoms with van der Waals surface area (Å²) in [6.45, 7) is 3.29. The Bertz CT molecular complexity index is 1050. The maximum absolute atomic E-state index is 4.89. The van der Waals surface area contributed by atoms with Crippen LogP contribution in [0.1, 0.15) is 30.1 Å². The molecule has 1 aliphatic heterocycles. The van der Waals surface area contributed by atoms with Gasteiger partial charge in [0.1, 0.15) is 5.82 Å². The third-order valence-corrected chi connectivity index (χ3v) is 5.74. The molecule has 4 heteroatoms. The number of nitrogens with one attached hydrogen (secondary N) is 1. The number of H-pyrrole nitrogens is 1. The van der Waals surface area contributed by atoms with Crippen LogP contribution < -0.4 is 0 Å². The van der Waals surface area contributed by atoms with Crippen LogP contribution in [0.25, 0.3) is 22.2 Å². The van der Waals surface area contributed by atoms with Crippen LogP contribution in [0.5, 0.6) is 0 Å². The van der Waals surface area contributed by atoms with Crippen LogP contribution >= 0.6 is 0 Å². The minimum absolute atomic E-state index is 0.517. The van der Waals surface area contributed by atoms with E-state index in [0.717, 1.165) is 49.3 Å². The number of fused-ring (bicyclic) bond motifs is 1. The van der Waals surface area contributed by atoms with Crippen molar-refractivity contribution < 1.29 is 0 Å². The zero-order valence-corrected chi connectivity index (χ0v) is 15.9. The summed E-state index contributed by atoms with van der Waals surface area (Å²) in [5, 5.41) is 0. The lowest BCUT2D eigenvalue weighted by molar-refractivity contribution is 0.202. The van der Waals surface area contributed by atoms with Crippen LogP contribution in [-0.2, 0) is 6.54 Å². The largest absolute Gasteiger partial charge is 0.342 e. The van der Waals surface area contributed by atoms with Crippen molar-refractivity contribution in [2.24, 2.45) is 0 Å². The summed E-state index contributed by atoms with van der Waals surface area (Å²) in [6.07, 6.45) is 5.98. The first-order valence-corrected chi connectivity index (χ1v) is 10.0. The van der Waals surface area contributed by atoms with Crippen molar-refractivity contribution in [2.75, 3.05) is 13.1 Å². The third-order valence-electron chi connectivity index (χ3n) is 5.74. The van der Waals surface area contributed by atoms with Crippen molar-refractivity contribution in [3.63, 3.8) is 0 Å². The molecule has 1 N–H and O–H groups in total. The standard InChI is InChI=1S/C24H24N4/c1-2-4-18(5-3-1)17-28-14-10-20(11-15-28)24-26-22-7-6-21(16-23(22)27-24)19-8-12-25-13-9-19/h1-9,12-13,16,20H,10-11,14-15,17H2,(H,26,27). The Kier molecular flexibility index (Phi) is 4.63. The Morgan fingerprint density at radius 2 is 1.68 bits per heavy atom. The van der Waals surface area contributed by atoms with E-state index in [0.29, 0.717) is 5.92 Å². The number of pyridine rings is 1. The zero-order chi connectivity index (χ0) is 18.8. The van der Waals surface area contributed by atoms with E-state index in [2.05, 4.69) is 63.4 Å². The van der Waals surface area contributed by atoms with Crippen molar-refractivity contribution in [3.05, 3.63) is 84.4 Å². The van der Waals surface area contributed by atoms with Gasteiger partial charge >= 0.3 is 0 Å². The molecule has 1 aliphatic rings. The predicted molar refractivity (Wildman–Crippen MR) is 113 cm³/mol. The lowest BCUT2D eigenvalue weighted by atomic mass is 9.96. The van der Waals surface area contributed by atoms with E-state index in [1.807, 2.05) is 24.5 Å². The lowest BCUT2D eigenvalue weighted by Gasteiger charge is -2.31. The summed E-state index contributed by atoms with van der Waals surface area (Å²) in [6, 6.07) is 21.3. The van der Waals surface area contributed by atoms with Gasteiger partial charge in [-0.05, 0) is 66.9 Å². The van der Waals surface area contributed by atoms with Gasteiger partial charge in [0.2, 0.25) is 0 Å². The van der Waals surface area contributed by atoms with Crippen LogP contribution in [0.15, 0.2) is 73.1 Å². The summed E-state index contributed by atoms with van der Waals surface area (Å²) >= 11 is 0. The normalized spacial score (nSPS) is 15.9. The summed E-state index contributed by atoms with van der Waals surface area (Å²) in [4.78, 5) is 15.1. The first kappa shape index (κ1) is 17.1. The first-order chi connectivity index (χ1) is 13.8. The second-order valence-electron chi connectivity index (χ2n) is 7.63. The first-order valence-electron chi connectivity index (χ1n) is 10.0. The van der Waals surface area contributed by atoms with E-state index in [4.69, 9.17) is 4.98 Å². The van der Waals surface area contributed by atoms with Crippen LogP contribution in [0.2, 0.25) is 0 Å². The number of imidazole rings is 1. The second-order valence-corrected chi connectivity index (χ2v) is 7.63. The molecule has 0 saturated carbocycles. The van der Waals surface area contributed by atoms with Crippen LogP contribution in [0, 0.1) is 0 Å². The van der Waals surface area contributed by atoms with Crippen molar-refractivity contribution in [2.45, 2.75) is 25.3 Å². The highest BCUT2D eigenvalue weighted by Gasteiger charge is 2.23.